The molecule has 0 fully saturated rings. The van der Waals surface area contributed by atoms with E-state index in [0.717, 1.165) is 18.4 Å². The van der Waals surface area contributed by atoms with Gasteiger partial charge in [-0.1, -0.05) is 24.3 Å². The van der Waals surface area contributed by atoms with Crippen LogP contribution in [-0.2, 0) is 6.42 Å². The predicted octanol–water partition coefficient (Wildman–Crippen LogP) is 2.91. The van der Waals surface area contributed by atoms with Crippen LogP contribution in [-0.4, -0.2) is 6.54 Å². The normalized spacial score (nSPS) is 10.9. The number of aryl methyl sites for hydroxylation is 1. The summed E-state index contributed by atoms with van der Waals surface area (Å²) in [5, 5.41) is 0. The first-order valence-corrected chi connectivity index (χ1v) is 4.81. The Morgan fingerprint density at radius 3 is 2.50 bits per heavy atom. The molecule has 0 saturated heterocycles. The lowest BCUT2D eigenvalue weighted by molar-refractivity contribution is 0.150. The van der Waals surface area contributed by atoms with Crippen molar-refractivity contribution in [2.45, 2.75) is 25.7 Å². The quantitative estimate of drug-likeness (QED) is 0.725. The van der Waals surface area contributed by atoms with E-state index < -0.39 is 6.43 Å². The molecule has 0 saturated carbocycles. The molecule has 0 spiro atoms. The van der Waals surface area contributed by atoms with Crippen molar-refractivity contribution in [1.29, 1.82) is 0 Å². The third kappa shape index (κ3) is 3.07. The third-order valence-electron chi connectivity index (χ3n) is 2.19. The first-order valence-electron chi connectivity index (χ1n) is 4.81. The summed E-state index contributed by atoms with van der Waals surface area (Å²) in [4.78, 5) is 0. The Bertz CT molecular complexity index is 274. The monoisotopic (exact) mass is 199 g/mol. The molecule has 2 N–H and O–H groups in total. The molecular weight excluding hydrogens is 184 g/mol. The predicted molar refractivity (Wildman–Crippen MR) is 53.4 cm³/mol. The van der Waals surface area contributed by atoms with E-state index in [1.807, 2.05) is 0 Å². The zero-order chi connectivity index (χ0) is 10.4. The lowest BCUT2D eigenvalue weighted by Crippen LogP contribution is -2.00. The molecule has 78 valence electrons. The van der Waals surface area contributed by atoms with Gasteiger partial charge in [-0.05, 0) is 31.4 Å². The summed E-state index contributed by atoms with van der Waals surface area (Å²) >= 11 is 0. The van der Waals surface area contributed by atoms with Crippen molar-refractivity contribution in [2.24, 2.45) is 5.73 Å². The molecule has 0 atom stereocenters. The van der Waals surface area contributed by atoms with Crippen LogP contribution in [0.5, 0.6) is 0 Å². The highest BCUT2D eigenvalue weighted by Crippen LogP contribution is 2.23. The standard InChI is InChI=1S/C11H15F2N/c12-11(13)10-7-2-1-5-9(10)6-3-4-8-14/h1-2,5,7,11H,3-4,6,8,14H2. The highest BCUT2D eigenvalue weighted by atomic mass is 19.3. The van der Waals surface area contributed by atoms with E-state index in [4.69, 9.17) is 5.73 Å². The van der Waals surface area contributed by atoms with Crippen LogP contribution >= 0.6 is 0 Å². The molecule has 3 heteroatoms. The Labute approximate surface area is 82.9 Å². The Hall–Kier alpha value is -0.960. The SMILES string of the molecule is NCCCCc1ccccc1C(F)F. The highest BCUT2D eigenvalue weighted by molar-refractivity contribution is 5.28. The van der Waals surface area contributed by atoms with Crippen LogP contribution < -0.4 is 5.73 Å². The molecule has 14 heavy (non-hydrogen) atoms. The van der Waals surface area contributed by atoms with Gasteiger partial charge in [0.2, 0.25) is 0 Å². The lowest BCUT2D eigenvalue weighted by atomic mass is 10.0. The zero-order valence-electron chi connectivity index (χ0n) is 8.05. The number of unbranched alkanes of at least 4 members (excludes halogenated alkanes) is 1. The van der Waals surface area contributed by atoms with Crippen molar-refractivity contribution in [3.8, 4) is 0 Å². The zero-order valence-corrected chi connectivity index (χ0v) is 8.05. The van der Waals surface area contributed by atoms with E-state index in [1.54, 1.807) is 18.2 Å². The Kier molecular flexibility index (Phi) is 4.53. The molecule has 0 bridgehead atoms. The maximum Gasteiger partial charge on any atom is 0.264 e. The molecule has 0 amide bonds. The number of hydrogen-bond acceptors (Lipinski definition) is 1. The van der Waals surface area contributed by atoms with E-state index in [9.17, 15) is 8.78 Å². The first kappa shape index (κ1) is 11.1. The summed E-state index contributed by atoms with van der Waals surface area (Å²) in [5.74, 6) is 0. The molecule has 0 radical (unpaired) electrons. The summed E-state index contributed by atoms with van der Waals surface area (Å²) in [6.45, 7) is 0.622. The average molecular weight is 199 g/mol. The van der Waals surface area contributed by atoms with E-state index >= 15 is 0 Å². The number of nitrogens with two attached hydrogens (primary N) is 1. The van der Waals surface area contributed by atoms with Gasteiger partial charge in [0.1, 0.15) is 0 Å². The van der Waals surface area contributed by atoms with Gasteiger partial charge in [0.15, 0.2) is 0 Å². The summed E-state index contributed by atoms with van der Waals surface area (Å²) in [6.07, 6.45) is 0.0827. The largest absolute Gasteiger partial charge is 0.330 e. The van der Waals surface area contributed by atoms with Gasteiger partial charge >= 0.3 is 0 Å². The van der Waals surface area contributed by atoms with Crippen molar-refractivity contribution in [3.05, 3.63) is 35.4 Å². The summed E-state index contributed by atoms with van der Waals surface area (Å²) in [5.41, 5.74) is 6.25. The van der Waals surface area contributed by atoms with Crippen LogP contribution in [0.4, 0.5) is 8.78 Å². The maximum absolute atomic E-state index is 12.5. The molecule has 0 aliphatic rings. The Morgan fingerprint density at radius 1 is 1.14 bits per heavy atom. The summed E-state index contributed by atoms with van der Waals surface area (Å²) in [6, 6.07) is 6.69. The van der Waals surface area contributed by atoms with E-state index in [1.165, 1.54) is 6.07 Å². The van der Waals surface area contributed by atoms with Crippen molar-refractivity contribution in [1.82, 2.24) is 0 Å². The lowest BCUT2D eigenvalue weighted by Gasteiger charge is -2.07. The molecule has 1 rings (SSSR count). The van der Waals surface area contributed by atoms with E-state index in [-0.39, 0.29) is 5.56 Å². The maximum atomic E-state index is 12.5. The van der Waals surface area contributed by atoms with Gasteiger partial charge in [-0.15, -0.1) is 0 Å². The Balaban J connectivity index is 2.64. The van der Waals surface area contributed by atoms with Crippen LogP contribution in [0.1, 0.15) is 30.4 Å². The molecule has 1 aromatic rings. The van der Waals surface area contributed by atoms with Crippen molar-refractivity contribution >= 4 is 0 Å². The van der Waals surface area contributed by atoms with Gasteiger partial charge in [-0.2, -0.15) is 0 Å². The van der Waals surface area contributed by atoms with Crippen LogP contribution in [0, 0.1) is 0 Å². The van der Waals surface area contributed by atoms with Gasteiger partial charge in [-0.25, -0.2) is 8.78 Å². The number of rotatable bonds is 5. The van der Waals surface area contributed by atoms with Crippen LogP contribution in [0.15, 0.2) is 24.3 Å². The topological polar surface area (TPSA) is 26.0 Å². The molecule has 0 heterocycles. The van der Waals surface area contributed by atoms with Crippen molar-refractivity contribution in [2.75, 3.05) is 6.54 Å². The van der Waals surface area contributed by atoms with Crippen molar-refractivity contribution in [3.63, 3.8) is 0 Å². The molecular formula is C11H15F2N. The minimum Gasteiger partial charge on any atom is -0.330 e. The fraction of sp³-hybridized carbons (Fsp3) is 0.455. The Morgan fingerprint density at radius 2 is 1.86 bits per heavy atom. The molecule has 1 aromatic carbocycles. The van der Waals surface area contributed by atoms with Gasteiger partial charge in [-0.3, -0.25) is 0 Å². The fourth-order valence-corrected chi connectivity index (χ4v) is 1.43. The number of hydrogen-bond donors (Lipinski definition) is 1. The van der Waals surface area contributed by atoms with Crippen LogP contribution in [0.3, 0.4) is 0 Å². The first-order chi connectivity index (χ1) is 6.75. The number of halogens is 2. The van der Waals surface area contributed by atoms with E-state index in [2.05, 4.69) is 0 Å². The minimum absolute atomic E-state index is 0.157. The molecule has 0 unspecified atom stereocenters. The highest BCUT2D eigenvalue weighted by Gasteiger charge is 2.10. The number of alkyl halides is 2. The second-order valence-corrected chi connectivity index (χ2v) is 3.25. The molecule has 0 aliphatic heterocycles. The van der Waals surface area contributed by atoms with Crippen molar-refractivity contribution < 1.29 is 8.78 Å². The molecule has 1 nitrogen and oxygen atoms in total. The second kappa shape index (κ2) is 5.70. The summed E-state index contributed by atoms with van der Waals surface area (Å²) < 4.78 is 25.0. The second-order valence-electron chi connectivity index (χ2n) is 3.25. The average Bonchev–Trinajstić information content (AvgIpc) is 2.19. The number of benzene rings is 1. The summed E-state index contributed by atoms with van der Waals surface area (Å²) in [7, 11) is 0. The van der Waals surface area contributed by atoms with Gasteiger partial charge in [0, 0.05) is 5.56 Å². The minimum atomic E-state index is -2.37. The molecule has 0 aromatic heterocycles. The smallest absolute Gasteiger partial charge is 0.264 e. The van der Waals surface area contributed by atoms with Crippen LogP contribution in [0.2, 0.25) is 0 Å². The van der Waals surface area contributed by atoms with Gasteiger partial charge in [0.25, 0.3) is 6.43 Å². The van der Waals surface area contributed by atoms with Gasteiger partial charge < -0.3 is 5.73 Å². The fourth-order valence-electron chi connectivity index (χ4n) is 1.43. The van der Waals surface area contributed by atoms with Gasteiger partial charge in [0.05, 0.1) is 0 Å². The van der Waals surface area contributed by atoms with Crippen LogP contribution in [0.25, 0.3) is 0 Å². The van der Waals surface area contributed by atoms with E-state index in [0.29, 0.717) is 13.0 Å². The third-order valence-corrected chi connectivity index (χ3v) is 2.19. The molecule has 0 aliphatic carbocycles.